The Morgan fingerprint density at radius 3 is 2.78 bits per heavy atom. The summed E-state index contributed by atoms with van der Waals surface area (Å²) in [5.74, 6) is 1.16. The summed E-state index contributed by atoms with van der Waals surface area (Å²) in [6, 6.07) is 14.1. The molecule has 1 aliphatic carbocycles. The Morgan fingerprint density at radius 2 is 2.00 bits per heavy atom. The summed E-state index contributed by atoms with van der Waals surface area (Å²) in [5.41, 5.74) is 2.42. The van der Waals surface area contributed by atoms with E-state index in [4.69, 9.17) is 4.98 Å². The number of fused-ring (bicyclic) bond motifs is 1. The predicted octanol–water partition coefficient (Wildman–Crippen LogP) is 6.28. The number of carbonyl (C=O) groups excluding carboxylic acids is 1. The van der Waals surface area contributed by atoms with Gasteiger partial charge in [-0.2, -0.15) is 0 Å². The number of hydrogen-bond acceptors (Lipinski definition) is 3. The minimum Gasteiger partial charge on any atom is -0.349 e. The van der Waals surface area contributed by atoms with Gasteiger partial charge in [-0.1, -0.05) is 44.9 Å². The molecule has 140 valence electrons. The second kappa shape index (κ2) is 7.72. The van der Waals surface area contributed by atoms with Gasteiger partial charge in [0, 0.05) is 11.4 Å². The van der Waals surface area contributed by atoms with Crippen molar-refractivity contribution in [2.45, 2.75) is 39.2 Å². The Balaban J connectivity index is 1.72. The molecule has 1 aromatic carbocycles. The number of halogens is 1. The third-order valence-electron chi connectivity index (χ3n) is 5.81. The lowest BCUT2D eigenvalue weighted by Gasteiger charge is -2.34. The van der Waals surface area contributed by atoms with Crippen molar-refractivity contribution in [2.24, 2.45) is 11.8 Å². The number of pyridine rings is 1. The van der Waals surface area contributed by atoms with Crippen LogP contribution in [0.1, 0.15) is 43.5 Å². The van der Waals surface area contributed by atoms with Crippen molar-refractivity contribution >= 4 is 44.1 Å². The summed E-state index contributed by atoms with van der Waals surface area (Å²) in [4.78, 5) is 19.1. The Kier molecular flexibility index (Phi) is 5.33. The minimum atomic E-state index is 0.0106. The maximum Gasteiger partial charge on any atom is 0.252 e. The van der Waals surface area contributed by atoms with Crippen LogP contribution in [0.3, 0.4) is 0 Å². The monoisotopic (exact) mass is 442 g/mol. The fraction of sp³-hybridized carbons (Fsp3) is 0.364. The van der Waals surface area contributed by atoms with Crippen molar-refractivity contribution in [3.63, 3.8) is 0 Å². The van der Waals surface area contributed by atoms with Gasteiger partial charge in [0.25, 0.3) is 5.91 Å². The summed E-state index contributed by atoms with van der Waals surface area (Å²) in [6.07, 6.45) is 3.50. The van der Waals surface area contributed by atoms with E-state index in [0.717, 1.165) is 31.7 Å². The van der Waals surface area contributed by atoms with E-state index in [1.54, 1.807) is 11.3 Å². The number of carbonyl (C=O) groups is 1. The molecule has 4 rings (SSSR count). The summed E-state index contributed by atoms with van der Waals surface area (Å²) in [5, 5.41) is 4.23. The lowest BCUT2D eigenvalue weighted by atomic mass is 9.78. The SMILES string of the molecule is C[C@H]1[C@H](C)CCC[C@@H]1NC(=O)c1cc(-c2ccc(Br)s2)nc2ccccc12. The van der Waals surface area contributed by atoms with Crippen LogP contribution in [0.5, 0.6) is 0 Å². The van der Waals surface area contributed by atoms with Gasteiger partial charge in [-0.25, -0.2) is 4.98 Å². The molecule has 1 N–H and O–H groups in total. The first-order chi connectivity index (χ1) is 13.0. The number of aromatic nitrogens is 1. The van der Waals surface area contributed by atoms with E-state index in [1.165, 1.54) is 12.8 Å². The normalized spacial score (nSPS) is 22.7. The summed E-state index contributed by atoms with van der Waals surface area (Å²) in [6.45, 7) is 4.55. The van der Waals surface area contributed by atoms with Crippen LogP contribution in [0.4, 0.5) is 0 Å². The number of rotatable bonds is 3. The molecular formula is C22H23BrN2OS. The van der Waals surface area contributed by atoms with E-state index in [1.807, 2.05) is 42.5 Å². The molecule has 2 aromatic heterocycles. The van der Waals surface area contributed by atoms with Crippen LogP contribution >= 0.6 is 27.3 Å². The molecule has 1 amide bonds. The van der Waals surface area contributed by atoms with Crippen LogP contribution < -0.4 is 5.32 Å². The largest absolute Gasteiger partial charge is 0.349 e. The lowest BCUT2D eigenvalue weighted by Crippen LogP contribution is -2.43. The van der Waals surface area contributed by atoms with Gasteiger partial charge in [-0.05, 0) is 58.5 Å². The highest BCUT2D eigenvalue weighted by atomic mass is 79.9. The highest BCUT2D eigenvalue weighted by molar-refractivity contribution is 9.11. The zero-order valence-corrected chi connectivity index (χ0v) is 17.9. The van der Waals surface area contributed by atoms with E-state index in [9.17, 15) is 4.79 Å². The van der Waals surface area contributed by atoms with Crippen LogP contribution in [0, 0.1) is 11.8 Å². The maximum absolute atomic E-state index is 13.2. The number of thiophene rings is 1. The highest BCUT2D eigenvalue weighted by Gasteiger charge is 2.29. The molecule has 5 heteroatoms. The number of nitrogens with zero attached hydrogens (tertiary/aromatic N) is 1. The molecule has 0 bridgehead atoms. The van der Waals surface area contributed by atoms with E-state index in [0.29, 0.717) is 17.4 Å². The quantitative estimate of drug-likeness (QED) is 0.518. The predicted molar refractivity (Wildman–Crippen MR) is 116 cm³/mol. The molecule has 1 fully saturated rings. The number of para-hydroxylation sites is 1. The fourth-order valence-electron chi connectivity index (χ4n) is 3.97. The molecule has 0 aliphatic heterocycles. The van der Waals surface area contributed by atoms with E-state index in [-0.39, 0.29) is 11.9 Å². The first-order valence-electron chi connectivity index (χ1n) is 9.49. The standard InChI is InChI=1S/C22H23BrN2OS/c1-13-6-5-9-17(14(13)2)25-22(26)16-12-19(20-10-11-21(23)27-20)24-18-8-4-3-7-15(16)18/h3-4,7-8,10-14,17H,5-6,9H2,1-2H3,(H,25,26)/t13-,14+,17+/m1/s1. The number of nitrogens with one attached hydrogen (secondary N) is 1. The second-order valence-electron chi connectivity index (χ2n) is 7.52. The van der Waals surface area contributed by atoms with Crippen molar-refractivity contribution < 1.29 is 4.79 Å². The topological polar surface area (TPSA) is 42.0 Å². The first-order valence-corrected chi connectivity index (χ1v) is 11.1. The van der Waals surface area contributed by atoms with Gasteiger partial charge in [-0.15, -0.1) is 11.3 Å². The molecule has 3 atom stereocenters. The van der Waals surface area contributed by atoms with Crippen LogP contribution in [0.2, 0.25) is 0 Å². The first kappa shape index (κ1) is 18.6. The molecular weight excluding hydrogens is 420 g/mol. The molecule has 0 unspecified atom stereocenters. The average Bonchev–Trinajstić information content (AvgIpc) is 3.11. The molecule has 3 nitrogen and oxygen atoms in total. The third kappa shape index (κ3) is 3.81. The maximum atomic E-state index is 13.2. The van der Waals surface area contributed by atoms with Gasteiger partial charge >= 0.3 is 0 Å². The van der Waals surface area contributed by atoms with Crippen LogP contribution in [0.15, 0.2) is 46.3 Å². The molecule has 1 aliphatic rings. The zero-order valence-electron chi connectivity index (χ0n) is 15.5. The Bertz CT molecular complexity index is 983. The smallest absolute Gasteiger partial charge is 0.252 e. The van der Waals surface area contributed by atoms with Gasteiger partial charge in [0.05, 0.1) is 25.4 Å². The Hall–Kier alpha value is -1.72. The van der Waals surface area contributed by atoms with Crippen LogP contribution in [0.25, 0.3) is 21.5 Å². The molecule has 0 spiro atoms. The van der Waals surface area contributed by atoms with Crippen LogP contribution in [-0.2, 0) is 0 Å². The molecule has 3 aromatic rings. The molecule has 0 radical (unpaired) electrons. The van der Waals surface area contributed by atoms with Gasteiger partial charge in [0.15, 0.2) is 0 Å². The van der Waals surface area contributed by atoms with Gasteiger partial charge in [-0.3, -0.25) is 4.79 Å². The summed E-state index contributed by atoms with van der Waals surface area (Å²) < 4.78 is 1.06. The third-order valence-corrected chi connectivity index (χ3v) is 7.46. The van der Waals surface area contributed by atoms with Crippen LogP contribution in [-0.4, -0.2) is 16.9 Å². The number of amides is 1. The zero-order chi connectivity index (χ0) is 19.0. The fourth-order valence-corrected chi connectivity index (χ4v) is 5.32. The van der Waals surface area contributed by atoms with Crippen molar-refractivity contribution in [3.8, 4) is 10.6 Å². The highest BCUT2D eigenvalue weighted by Crippen LogP contribution is 2.33. The number of hydrogen-bond donors (Lipinski definition) is 1. The molecule has 27 heavy (non-hydrogen) atoms. The lowest BCUT2D eigenvalue weighted by molar-refractivity contribution is 0.0892. The van der Waals surface area contributed by atoms with Crippen molar-refractivity contribution in [2.75, 3.05) is 0 Å². The van der Waals surface area contributed by atoms with Crippen molar-refractivity contribution in [1.29, 1.82) is 0 Å². The van der Waals surface area contributed by atoms with E-state index >= 15 is 0 Å². The molecule has 2 heterocycles. The van der Waals surface area contributed by atoms with E-state index in [2.05, 4.69) is 35.1 Å². The molecule has 0 saturated heterocycles. The Morgan fingerprint density at radius 1 is 1.19 bits per heavy atom. The summed E-state index contributed by atoms with van der Waals surface area (Å²) >= 11 is 5.14. The van der Waals surface area contributed by atoms with E-state index < -0.39 is 0 Å². The Labute approximate surface area is 172 Å². The van der Waals surface area contributed by atoms with Gasteiger partial charge in [0.2, 0.25) is 0 Å². The van der Waals surface area contributed by atoms with Crippen molar-refractivity contribution in [1.82, 2.24) is 10.3 Å². The molecule has 1 saturated carbocycles. The second-order valence-corrected chi connectivity index (χ2v) is 9.99. The summed E-state index contributed by atoms with van der Waals surface area (Å²) in [7, 11) is 0. The average molecular weight is 443 g/mol. The van der Waals surface area contributed by atoms with Gasteiger partial charge in [0.1, 0.15) is 0 Å². The van der Waals surface area contributed by atoms with Crippen molar-refractivity contribution in [3.05, 3.63) is 51.8 Å². The minimum absolute atomic E-state index is 0.0106. The van der Waals surface area contributed by atoms with Gasteiger partial charge < -0.3 is 5.32 Å². The number of benzene rings is 1.